The molecule has 0 heterocycles. The van der Waals surface area contributed by atoms with Gasteiger partial charge in [0, 0.05) is 6.42 Å². The van der Waals surface area contributed by atoms with E-state index in [2.05, 4.69) is 10.1 Å². The van der Waals surface area contributed by atoms with Crippen LogP contribution in [0.5, 0.6) is 17.2 Å². The summed E-state index contributed by atoms with van der Waals surface area (Å²) in [7, 11) is 3.17. The fourth-order valence-corrected chi connectivity index (χ4v) is 3.40. The molecule has 0 saturated heterocycles. The van der Waals surface area contributed by atoms with E-state index in [0.29, 0.717) is 17.9 Å². The van der Waals surface area contributed by atoms with Gasteiger partial charge in [-0.3, -0.25) is 4.79 Å². The van der Waals surface area contributed by atoms with E-state index >= 15 is 0 Å². The molecule has 0 aliphatic rings. The number of aryl methyl sites for hydroxylation is 1. The number of rotatable bonds is 10. The second-order valence-corrected chi connectivity index (χ2v) is 7.04. The molecule has 0 fully saturated rings. The number of nitrogens with one attached hydrogen (secondary N) is 1. The quantitative estimate of drug-likeness (QED) is 0.473. The zero-order valence-electron chi connectivity index (χ0n) is 17.9. The van der Waals surface area contributed by atoms with Crippen molar-refractivity contribution in [2.75, 3.05) is 14.2 Å². The first kappa shape index (κ1) is 23.1. The number of amides is 1. The molecule has 32 heavy (non-hydrogen) atoms. The summed E-state index contributed by atoms with van der Waals surface area (Å²) in [5.74, 6) is 1.28. The molecule has 1 unspecified atom stereocenters. The molecule has 5 nitrogen and oxygen atoms in total. The maximum atomic E-state index is 12.8. The van der Waals surface area contributed by atoms with E-state index in [1.54, 1.807) is 32.4 Å². The van der Waals surface area contributed by atoms with Gasteiger partial charge in [0.1, 0.15) is 17.2 Å². The normalized spacial score (nSPS) is 11.7. The third kappa shape index (κ3) is 6.20. The Morgan fingerprint density at radius 2 is 1.53 bits per heavy atom. The molecular formula is C25H25F2NO4. The Morgan fingerprint density at radius 3 is 2.16 bits per heavy atom. The molecule has 0 spiro atoms. The second-order valence-electron chi connectivity index (χ2n) is 7.04. The van der Waals surface area contributed by atoms with Crippen molar-refractivity contribution < 1.29 is 27.8 Å². The Kier molecular flexibility index (Phi) is 8.02. The summed E-state index contributed by atoms with van der Waals surface area (Å²) >= 11 is 0. The van der Waals surface area contributed by atoms with Crippen LogP contribution in [0.3, 0.4) is 0 Å². The van der Waals surface area contributed by atoms with Crippen LogP contribution >= 0.6 is 0 Å². The standard InChI is InChI=1S/C25H25F2NO4/c1-30-21-13-14-22(31-2)19(16-21)10-15-23(29)28-24(17-6-4-3-5-7-17)18-8-11-20(12-9-18)32-25(26)27/h3-9,11-14,16,24-25H,10,15H2,1-2H3,(H,28,29). The van der Waals surface area contributed by atoms with Crippen molar-refractivity contribution in [3.05, 3.63) is 89.5 Å². The van der Waals surface area contributed by atoms with Crippen molar-refractivity contribution in [1.82, 2.24) is 5.32 Å². The maximum Gasteiger partial charge on any atom is 0.387 e. The number of carbonyl (C=O) groups is 1. The highest BCUT2D eigenvalue weighted by atomic mass is 19.3. The molecule has 0 aliphatic heterocycles. The number of ether oxygens (including phenoxy) is 3. The van der Waals surface area contributed by atoms with E-state index in [4.69, 9.17) is 9.47 Å². The highest BCUT2D eigenvalue weighted by Gasteiger charge is 2.18. The summed E-state index contributed by atoms with van der Waals surface area (Å²) in [6.07, 6.45) is 0.703. The lowest BCUT2D eigenvalue weighted by Gasteiger charge is -2.20. The first-order chi connectivity index (χ1) is 15.5. The summed E-state index contributed by atoms with van der Waals surface area (Å²) in [6, 6.07) is 20.7. The van der Waals surface area contributed by atoms with Crippen LogP contribution in [-0.2, 0) is 11.2 Å². The van der Waals surface area contributed by atoms with Gasteiger partial charge in [0.05, 0.1) is 20.3 Å². The van der Waals surface area contributed by atoms with E-state index in [1.165, 1.54) is 12.1 Å². The second kappa shape index (κ2) is 11.1. The lowest BCUT2D eigenvalue weighted by molar-refractivity contribution is -0.121. The summed E-state index contributed by atoms with van der Waals surface area (Å²) in [4.78, 5) is 12.8. The van der Waals surface area contributed by atoms with Crippen molar-refractivity contribution in [1.29, 1.82) is 0 Å². The average molecular weight is 441 g/mol. The smallest absolute Gasteiger partial charge is 0.387 e. The Bertz CT molecular complexity index is 1010. The van der Waals surface area contributed by atoms with Crippen LogP contribution in [0.2, 0.25) is 0 Å². The Hall–Kier alpha value is -3.61. The number of benzene rings is 3. The number of halogens is 2. The SMILES string of the molecule is COc1ccc(OC)c(CCC(=O)NC(c2ccccc2)c2ccc(OC(F)F)cc2)c1. The Labute approximate surface area is 185 Å². The zero-order chi connectivity index (χ0) is 22.9. The van der Waals surface area contributed by atoms with Crippen molar-refractivity contribution in [2.45, 2.75) is 25.5 Å². The van der Waals surface area contributed by atoms with Gasteiger partial charge in [0.2, 0.25) is 5.91 Å². The predicted molar refractivity (Wildman–Crippen MR) is 117 cm³/mol. The predicted octanol–water partition coefficient (Wildman–Crippen LogP) is 5.14. The van der Waals surface area contributed by atoms with Gasteiger partial charge in [-0.05, 0) is 53.4 Å². The first-order valence-corrected chi connectivity index (χ1v) is 10.1. The molecule has 3 rings (SSSR count). The minimum Gasteiger partial charge on any atom is -0.497 e. The van der Waals surface area contributed by atoms with Crippen LogP contribution in [0.25, 0.3) is 0 Å². The van der Waals surface area contributed by atoms with Crippen LogP contribution in [0, 0.1) is 0 Å². The molecule has 3 aromatic carbocycles. The van der Waals surface area contributed by atoms with Gasteiger partial charge in [-0.2, -0.15) is 8.78 Å². The number of alkyl halides is 2. The summed E-state index contributed by atoms with van der Waals surface area (Å²) in [5, 5.41) is 3.05. The number of carbonyl (C=O) groups excluding carboxylic acids is 1. The van der Waals surface area contributed by atoms with E-state index in [-0.39, 0.29) is 18.1 Å². The van der Waals surface area contributed by atoms with Gasteiger partial charge in [0.25, 0.3) is 0 Å². The largest absolute Gasteiger partial charge is 0.497 e. The first-order valence-electron chi connectivity index (χ1n) is 10.1. The summed E-state index contributed by atoms with van der Waals surface area (Å²) in [5.41, 5.74) is 2.50. The third-order valence-electron chi connectivity index (χ3n) is 4.99. The van der Waals surface area contributed by atoms with Crippen molar-refractivity contribution in [2.24, 2.45) is 0 Å². The van der Waals surface area contributed by atoms with Gasteiger partial charge in [0.15, 0.2) is 0 Å². The Morgan fingerprint density at radius 1 is 0.875 bits per heavy atom. The zero-order valence-corrected chi connectivity index (χ0v) is 17.9. The van der Waals surface area contributed by atoms with Crippen LogP contribution in [0.1, 0.15) is 29.2 Å². The van der Waals surface area contributed by atoms with Crippen LogP contribution < -0.4 is 19.5 Å². The maximum absolute atomic E-state index is 12.8. The molecule has 0 aliphatic carbocycles. The van der Waals surface area contributed by atoms with Gasteiger partial charge >= 0.3 is 6.61 Å². The summed E-state index contributed by atoms with van der Waals surface area (Å²) in [6.45, 7) is -2.89. The molecule has 0 bridgehead atoms. The number of methoxy groups -OCH3 is 2. The number of hydrogen-bond donors (Lipinski definition) is 1. The van der Waals surface area contributed by atoms with E-state index < -0.39 is 12.7 Å². The molecule has 1 N–H and O–H groups in total. The highest BCUT2D eigenvalue weighted by Crippen LogP contribution is 2.27. The third-order valence-corrected chi connectivity index (χ3v) is 4.99. The fourth-order valence-electron chi connectivity index (χ4n) is 3.40. The molecular weight excluding hydrogens is 416 g/mol. The van der Waals surface area contributed by atoms with E-state index in [1.807, 2.05) is 42.5 Å². The molecule has 7 heteroatoms. The molecule has 168 valence electrons. The molecule has 1 amide bonds. The lowest BCUT2D eigenvalue weighted by Crippen LogP contribution is -2.29. The van der Waals surface area contributed by atoms with Gasteiger partial charge in [-0.1, -0.05) is 42.5 Å². The molecule has 3 aromatic rings. The van der Waals surface area contributed by atoms with Crippen LogP contribution in [0.15, 0.2) is 72.8 Å². The average Bonchev–Trinajstić information content (AvgIpc) is 2.81. The van der Waals surface area contributed by atoms with Crippen LogP contribution in [0.4, 0.5) is 8.78 Å². The van der Waals surface area contributed by atoms with Crippen LogP contribution in [-0.4, -0.2) is 26.7 Å². The highest BCUT2D eigenvalue weighted by molar-refractivity contribution is 5.77. The number of hydrogen-bond acceptors (Lipinski definition) is 4. The van der Waals surface area contributed by atoms with Crippen molar-refractivity contribution in [3.63, 3.8) is 0 Å². The fraction of sp³-hybridized carbons (Fsp3) is 0.240. The lowest BCUT2D eigenvalue weighted by atomic mass is 9.98. The minimum atomic E-state index is -2.89. The van der Waals surface area contributed by atoms with Gasteiger partial charge < -0.3 is 19.5 Å². The summed E-state index contributed by atoms with van der Waals surface area (Å²) < 4.78 is 40.0. The van der Waals surface area contributed by atoms with E-state index in [0.717, 1.165) is 16.7 Å². The monoisotopic (exact) mass is 441 g/mol. The van der Waals surface area contributed by atoms with Gasteiger partial charge in [-0.25, -0.2) is 0 Å². The molecule has 0 saturated carbocycles. The van der Waals surface area contributed by atoms with Gasteiger partial charge in [-0.15, -0.1) is 0 Å². The molecule has 0 radical (unpaired) electrons. The Balaban J connectivity index is 1.75. The van der Waals surface area contributed by atoms with Crippen molar-refractivity contribution in [3.8, 4) is 17.2 Å². The van der Waals surface area contributed by atoms with Crippen molar-refractivity contribution >= 4 is 5.91 Å². The molecule has 0 aromatic heterocycles. The van der Waals surface area contributed by atoms with E-state index in [9.17, 15) is 13.6 Å². The topological polar surface area (TPSA) is 56.8 Å². The molecule has 1 atom stereocenters. The minimum absolute atomic E-state index is 0.0620.